The van der Waals surface area contributed by atoms with Gasteiger partial charge in [0.05, 0.1) is 15.9 Å². The second kappa shape index (κ2) is 7.13. The maximum atomic E-state index is 5.16. The lowest BCUT2D eigenvalue weighted by Crippen LogP contribution is -2.09. The molecule has 0 aliphatic heterocycles. The van der Waals surface area contributed by atoms with E-state index in [9.17, 15) is 0 Å². The summed E-state index contributed by atoms with van der Waals surface area (Å²) in [6, 6.07) is 10.6. The average molecular weight is 389 g/mol. The van der Waals surface area contributed by atoms with Crippen LogP contribution in [-0.2, 0) is 12.8 Å². The Bertz CT molecular complexity index is 1150. The zero-order valence-electron chi connectivity index (χ0n) is 16.3. The lowest BCUT2D eigenvalue weighted by molar-refractivity contribution is 0.687. The van der Waals surface area contributed by atoms with Gasteiger partial charge in [0.2, 0.25) is 0 Å². The van der Waals surface area contributed by atoms with E-state index in [1.165, 1.54) is 34.9 Å². The summed E-state index contributed by atoms with van der Waals surface area (Å²) >= 11 is 1.72. The lowest BCUT2D eigenvalue weighted by atomic mass is 9.87. The van der Waals surface area contributed by atoms with Crippen LogP contribution in [-0.4, -0.2) is 21.5 Å². The summed E-state index contributed by atoms with van der Waals surface area (Å²) in [7, 11) is 0. The number of fused-ring (bicyclic) bond motifs is 5. The minimum Gasteiger partial charge on any atom is -0.369 e. The van der Waals surface area contributed by atoms with E-state index in [1.807, 2.05) is 0 Å². The molecule has 0 atom stereocenters. The van der Waals surface area contributed by atoms with Gasteiger partial charge < -0.3 is 5.32 Å². The van der Waals surface area contributed by atoms with Crippen molar-refractivity contribution in [3.8, 4) is 11.3 Å². The van der Waals surface area contributed by atoms with Gasteiger partial charge in [0, 0.05) is 17.5 Å². The van der Waals surface area contributed by atoms with Gasteiger partial charge in [0.15, 0.2) is 0 Å². The molecule has 5 rings (SSSR count). The van der Waals surface area contributed by atoms with Crippen molar-refractivity contribution in [1.29, 1.82) is 0 Å². The van der Waals surface area contributed by atoms with Crippen molar-refractivity contribution >= 4 is 37.6 Å². The maximum Gasteiger partial charge on any atom is 0.147 e. The van der Waals surface area contributed by atoms with Crippen LogP contribution < -0.4 is 5.32 Å². The van der Waals surface area contributed by atoms with E-state index in [0.717, 1.165) is 45.9 Å². The van der Waals surface area contributed by atoms with Gasteiger partial charge in [-0.2, -0.15) is 0 Å². The first-order valence-electron chi connectivity index (χ1n) is 10.1. The fourth-order valence-corrected chi connectivity index (χ4v) is 5.25. The van der Waals surface area contributed by atoms with Crippen LogP contribution in [0.15, 0.2) is 36.7 Å². The minimum atomic E-state index is 0.565. The van der Waals surface area contributed by atoms with Crippen molar-refractivity contribution in [3.05, 3.63) is 47.8 Å². The molecular weight excluding hydrogens is 364 g/mol. The molecular formula is C23H24N4S. The van der Waals surface area contributed by atoms with Crippen molar-refractivity contribution in [3.63, 3.8) is 0 Å². The average Bonchev–Trinajstić information content (AvgIpc) is 3.11. The first kappa shape index (κ1) is 17.6. The van der Waals surface area contributed by atoms with Gasteiger partial charge in [-0.1, -0.05) is 44.2 Å². The molecule has 4 aromatic rings. The van der Waals surface area contributed by atoms with Crippen molar-refractivity contribution in [2.24, 2.45) is 5.92 Å². The van der Waals surface area contributed by atoms with Gasteiger partial charge in [-0.05, 0) is 42.7 Å². The third-order valence-corrected chi connectivity index (χ3v) is 6.53. The number of nitrogens with zero attached hydrogens (tertiary/aromatic N) is 3. The predicted octanol–water partition coefficient (Wildman–Crippen LogP) is 5.85. The number of nitrogens with one attached hydrogen (secondary N) is 1. The third kappa shape index (κ3) is 2.94. The van der Waals surface area contributed by atoms with Crippen LogP contribution in [0.5, 0.6) is 0 Å². The first-order chi connectivity index (χ1) is 13.7. The molecule has 3 aromatic heterocycles. The molecule has 0 radical (unpaired) electrons. The van der Waals surface area contributed by atoms with Crippen molar-refractivity contribution in [2.45, 2.75) is 39.5 Å². The Morgan fingerprint density at radius 1 is 1.04 bits per heavy atom. The highest BCUT2D eigenvalue weighted by molar-refractivity contribution is 7.26. The Morgan fingerprint density at radius 2 is 1.82 bits per heavy atom. The topological polar surface area (TPSA) is 50.7 Å². The van der Waals surface area contributed by atoms with E-state index >= 15 is 0 Å². The highest BCUT2D eigenvalue weighted by atomic mass is 32.1. The first-order valence-corrected chi connectivity index (χ1v) is 10.9. The van der Waals surface area contributed by atoms with E-state index in [1.54, 1.807) is 17.7 Å². The molecule has 0 spiro atoms. The number of pyridine rings is 1. The Balaban J connectivity index is 1.77. The number of thiophene rings is 1. The van der Waals surface area contributed by atoms with E-state index in [2.05, 4.69) is 59.5 Å². The molecule has 0 saturated heterocycles. The summed E-state index contributed by atoms with van der Waals surface area (Å²) < 4.78 is 1.13. The summed E-state index contributed by atoms with van der Waals surface area (Å²) in [5.41, 5.74) is 6.30. The van der Waals surface area contributed by atoms with Crippen LogP contribution >= 0.6 is 11.3 Å². The summed E-state index contributed by atoms with van der Waals surface area (Å²) in [6.07, 6.45) is 6.37. The largest absolute Gasteiger partial charge is 0.369 e. The molecule has 0 fully saturated rings. The van der Waals surface area contributed by atoms with E-state index < -0.39 is 0 Å². The quantitative estimate of drug-likeness (QED) is 0.476. The zero-order valence-corrected chi connectivity index (χ0v) is 17.1. The molecule has 1 aliphatic rings. The Kier molecular flexibility index (Phi) is 4.47. The van der Waals surface area contributed by atoms with E-state index in [4.69, 9.17) is 4.98 Å². The molecule has 1 N–H and O–H groups in total. The molecule has 5 heteroatoms. The van der Waals surface area contributed by atoms with Crippen molar-refractivity contribution in [2.75, 3.05) is 11.9 Å². The molecule has 0 amide bonds. The standard InChI is InChI=1S/C23H24N4S/c1-14(2)12-24-22-21-20(25-13-26-22)18-16-10-6-7-11-17(16)19(27-23(18)28-21)15-8-4-3-5-9-15/h3-5,8-9,13-14H,6-7,10-12H2,1-2H3,(H,24,25,26). The Labute approximate surface area is 169 Å². The highest BCUT2D eigenvalue weighted by Gasteiger charge is 2.23. The van der Waals surface area contributed by atoms with Crippen LogP contribution in [0.25, 0.3) is 31.7 Å². The predicted molar refractivity (Wildman–Crippen MR) is 118 cm³/mol. The molecule has 0 saturated carbocycles. The van der Waals surface area contributed by atoms with Gasteiger partial charge >= 0.3 is 0 Å². The van der Waals surface area contributed by atoms with Gasteiger partial charge in [-0.25, -0.2) is 15.0 Å². The number of aromatic nitrogens is 3. The van der Waals surface area contributed by atoms with Crippen LogP contribution in [0.3, 0.4) is 0 Å². The maximum absolute atomic E-state index is 5.16. The zero-order chi connectivity index (χ0) is 19.1. The molecule has 142 valence electrons. The number of benzene rings is 1. The smallest absolute Gasteiger partial charge is 0.147 e. The second-order valence-electron chi connectivity index (χ2n) is 7.95. The summed E-state index contributed by atoms with van der Waals surface area (Å²) in [6.45, 7) is 5.32. The Morgan fingerprint density at radius 3 is 2.61 bits per heavy atom. The number of hydrogen-bond donors (Lipinski definition) is 1. The minimum absolute atomic E-state index is 0.565. The van der Waals surface area contributed by atoms with Gasteiger partial charge in [-0.3, -0.25) is 0 Å². The fourth-order valence-electron chi connectivity index (χ4n) is 4.12. The fraction of sp³-hybridized carbons (Fsp3) is 0.348. The summed E-state index contributed by atoms with van der Waals surface area (Å²) in [4.78, 5) is 15.5. The van der Waals surface area contributed by atoms with E-state index in [-0.39, 0.29) is 0 Å². The molecule has 1 aromatic carbocycles. The molecule has 3 heterocycles. The molecule has 1 aliphatic carbocycles. The summed E-state index contributed by atoms with van der Waals surface area (Å²) in [5, 5.41) is 4.76. The monoisotopic (exact) mass is 388 g/mol. The number of rotatable bonds is 4. The molecule has 0 bridgehead atoms. The Hall–Kier alpha value is -2.53. The lowest BCUT2D eigenvalue weighted by Gasteiger charge is -2.20. The third-order valence-electron chi connectivity index (χ3n) is 5.45. The second-order valence-corrected chi connectivity index (χ2v) is 8.95. The summed E-state index contributed by atoms with van der Waals surface area (Å²) in [5.74, 6) is 1.50. The normalized spacial score (nSPS) is 14.0. The van der Waals surface area contributed by atoms with Gasteiger partial charge in [0.1, 0.15) is 17.0 Å². The molecule has 0 unspecified atom stereocenters. The van der Waals surface area contributed by atoms with Gasteiger partial charge in [0.25, 0.3) is 0 Å². The van der Waals surface area contributed by atoms with Crippen molar-refractivity contribution < 1.29 is 0 Å². The van der Waals surface area contributed by atoms with Crippen LogP contribution in [0, 0.1) is 5.92 Å². The number of hydrogen-bond acceptors (Lipinski definition) is 5. The van der Waals surface area contributed by atoms with Crippen LogP contribution in [0.2, 0.25) is 0 Å². The SMILES string of the molecule is CC(C)CNc1ncnc2c1sc1nc(-c3ccccc3)c3c(c12)CCCC3. The van der Waals surface area contributed by atoms with Crippen molar-refractivity contribution in [1.82, 2.24) is 15.0 Å². The van der Waals surface area contributed by atoms with E-state index in [0.29, 0.717) is 5.92 Å². The number of anilines is 1. The molecule has 4 nitrogen and oxygen atoms in total. The number of aryl methyl sites for hydroxylation is 1. The molecule has 28 heavy (non-hydrogen) atoms. The van der Waals surface area contributed by atoms with Crippen LogP contribution in [0.4, 0.5) is 5.82 Å². The van der Waals surface area contributed by atoms with Gasteiger partial charge in [-0.15, -0.1) is 11.3 Å². The van der Waals surface area contributed by atoms with Crippen LogP contribution in [0.1, 0.15) is 37.8 Å². The highest BCUT2D eigenvalue weighted by Crippen LogP contribution is 2.42.